The van der Waals surface area contributed by atoms with E-state index in [4.69, 9.17) is 28.9 Å². The standard InChI is InChI=1S/C13H10Cl2N2O2/c14-7-2-4-12(18)9(5-7)13(19)17-11-6-8(15)1-3-10(11)16/h1-6,18H,16H2,(H,17,19). The van der Waals surface area contributed by atoms with Crippen molar-refractivity contribution in [3.63, 3.8) is 0 Å². The molecule has 2 rings (SSSR count). The largest absolute Gasteiger partial charge is 0.507 e. The van der Waals surface area contributed by atoms with Crippen LogP contribution < -0.4 is 11.1 Å². The van der Waals surface area contributed by atoms with Gasteiger partial charge in [0.2, 0.25) is 0 Å². The van der Waals surface area contributed by atoms with Gasteiger partial charge in [-0.3, -0.25) is 4.79 Å². The molecular weight excluding hydrogens is 287 g/mol. The highest BCUT2D eigenvalue weighted by molar-refractivity contribution is 6.31. The van der Waals surface area contributed by atoms with Crippen LogP contribution in [0.15, 0.2) is 36.4 Å². The molecule has 0 heterocycles. The Morgan fingerprint density at radius 1 is 1.11 bits per heavy atom. The third-order valence-corrected chi connectivity index (χ3v) is 2.94. The Morgan fingerprint density at radius 2 is 1.74 bits per heavy atom. The summed E-state index contributed by atoms with van der Waals surface area (Å²) >= 11 is 11.6. The molecule has 6 heteroatoms. The molecular formula is C13H10Cl2N2O2. The number of carbonyl (C=O) groups is 1. The number of amides is 1. The molecule has 0 fully saturated rings. The lowest BCUT2D eigenvalue weighted by Crippen LogP contribution is -2.13. The van der Waals surface area contributed by atoms with E-state index >= 15 is 0 Å². The van der Waals surface area contributed by atoms with E-state index in [0.717, 1.165) is 0 Å². The zero-order valence-electron chi connectivity index (χ0n) is 9.65. The van der Waals surface area contributed by atoms with Crippen molar-refractivity contribution in [3.8, 4) is 5.75 Å². The lowest BCUT2D eigenvalue weighted by atomic mass is 10.1. The average molecular weight is 297 g/mol. The van der Waals surface area contributed by atoms with Gasteiger partial charge in [0.1, 0.15) is 5.75 Å². The number of aromatic hydroxyl groups is 1. The van der Waals surface area contributed by atoms with E-state index in [2.05, 4.69) is 5.32 Å². The monoisotopic (exact) mass is 296 g/mol. The van der Waals surface area contributed by atoms with Crippen LogP contribution in [0.2, 0.25) is 10.0 Å². The van der Waals surface area contributed by atoms with Crippen LogP contribution in [0.3, 0.4) is 0 Å². The first-order chi connectivity index (χ1) is 8.97. The van der Waals surface area contributed by atoms with Crippen molar-refractivity contribution in [2.24, 2.45) is 0 Å². The van der Waals surface area contributed by atoms with Gasteiger partial charge in [-0.1, -0.05) is 23.2 Å². The zero-order valence-corrected chi connectivity index (χ0v) is 11.2. The molecule has 0 spiro atoms. The number of carbonyl (C=O) groups excluding carboxylic acids is 1. The summed E-state index contributed by atoms with van der Waals surface area (Å²) in [5.74, 6) is -0.684. The molecule has 0 aromatic heterocycles. The lowest BCUT2D eigenvalue weighted by Gasteiger charge is -2.09. The molecule has 2 aromatic rings. The number of hydrogen-bond acceptors (Lipinski definition) is 3. The quantitative estimate of drug-likeness (QED) is 0.742. The number of hydrogen-bond donors (Lipinski definition) is 3. The molecule has 0 aliphatic rings. The van der Waals surface area contributed by atoms with Gasteiger partial charge in [-0.05, 0) is 36.4 Å². The fraction of sp³-hybridized carbons (Fsp3) is 0. The highest BCUT2D eigenvalue weighted by atomic mass is 35.5. The van der Waals surface area contributed by atoms with Crippen molar-refractivity contribution in [2.45, 2.75) is 0 Å². The molecule has 2 aromatic carbocycles. The predicted molar refractivity (Wildman–Crippen MR) is 76.9 cm³/mol. The first kappa shape index (κ1) is 13.5. The molecule has 0 aliphatic carbocycles. The SMILES string of the molecule is Nc1ccc(Cl)cc1NC(=O)c1cc(Cl)ccc1O. The van der Waals surface area contributed by atoms with Gasteiger partial charge in [0.05, 0.1) is 16.9 Å². The molecule has 0 saturated carbocycles. The van der Waals surface area contributed by atoms with Gasteiger partial charge in [0, 0.05) is 10.0 Å². The third kappa shape index (κ3) is 3.10. The normalized spacial score (nSPS) is 10.2. The minimum Gasteiger partial charge on any atom is -0.507 e. The topological polar surface area (TPSA) is 75.3 Å². The van der Waals surface area contributed by atoms with Gasteiger partial charge in [-0.25, -0.2) is 0 Å². The van der Waals surface area contributed by atoms with E-state index in [1.165, 1.54) is 24.3 Å². The maximum atomic E-state index is 12.0. The van der Waals surface area contributed by atoms with E-state index < -0.39 is 5.91 Å². The Kier molecular flexibility index (Phi) is 3.83. The third-order valence-electron chi connectivity index (χ3n) is 2.47. The summed E-state index contributed by atoms with van der Waals surface area (Å²) in [5.41, 5.74) is 6.53. The predicted octanol–water partition coefficient (Wildman–Crippen LogP) is 3.53. The molecule has 4 nitrogen and oxygen atoms in total. The number of anilines is 2. The number of nitrogen functional groups attached to an aromatic ring is 1. The Bertz CT molecular complexity index is 645. The zero-order chi connectivity index (χ0) is 14.0. The van der Waals surface area contributed by atoms with Crippen LogP contribution >= 0.6 is 23.2 Å². The van der Waals surface area contributed by atoms with Crippen LogP contribution in [0.25, 0.3) is 0 Å². The number of halogens is 2. The highest BCUT2D eigenvalue weighted by Gasteiger charge is 2.13. The van der Waals surface area contributed by atoms with Crippen molar-refractivity contribution >= 4 is 40.5 Å². The molecule has 0 aliphatic heterocycles. The number of nitrogens with one attached hydrogen (secondary N) is 1. The molecule has 1 amide bonds. The molecule has 19 heavy (non-hydrogen) atoms. The minimum atomic E-state index is -0.519. The number of phenols is 1. The Balaban J connectivity index is 2.30. The molecule has 98 valence electrons. The van der Waals surface area contributed by atoms with Gasteiger partial charge in [-0.15, -0.1) is 0 Å². The van der Waals surface area contributed by atoms with Gasteiger partial charge in [-0.2, -0.15) is 0 Å². The van der Waals surface area contributed by atoms with Gasteiger partial charge in [0.15, 0.2) is 0 Å². The highest BCUT2D eigenvalue weighted by Crippen LogP contribution is 2.26. The van der Waals surface area contributed by atoms with Crippen LogP contribution in [0.5, 0.6) is 5.75 Å². The van der Waals surface area contributed by atoms with Crippen molar-refractivity contribution < 1.29 is 9.90 Å². The van der Waals surface area contributed by atoms with Crippen molar-refractivity contribution in [3.05, 3.63) is 52.0 Å². The second-order valence-electron chi connectivity index (χ2n) is 3.85. The fourth-order valence-electron chi connectivity index (χ4n) is 1.52. The van der Waals surface area contributed by atoms with Crippen LogP contribution in [0, 0.1) is 0 Å². The summed E-state index contributed by atoms with van der Waals surface area (Å²) in [4.78, 5) is 12.0. The van der Waals surface area contributed by atoms with E-state index in [1.54, 1.807) is 12.1 Å². The number of nitrogens with two attached hydrogens (primary N) is 1. The van der Waals surface area contributed by atoms with E-state index in [1.807, 2.05) is 0 Å². The average Bonchev–Trinajstić information content (AvgIpc) is 2.36. The van der Waals surface area contributed by atoms with Gasteiger partial charge in [0.25, 0.3) is 5.91 Å². The Labute approximate surface area is 119 Å². The second-order valence-corrected chi connectivity index (χ2v) is 4.72. The van der Waals surface area contributed by atoms with Crippen molar-refractivity contribution in [1.82, 2.24) is 0 Å². The minimum absolute atomic E-state index is 0.0619. The first-order valence-corrected chi connectivity index (χ1v) is 6.08. The molecule has 0 saturated heterocycles. The van der Waals surface area contributed by atoms with Crippen LogP contribution in [-0.2, 0) is 0 Å². The summed E-state index contributed by atoms with van der Waals surface area (Å²) < 4.78 is 0. The van der Waals surface area contributed by atoms with Gasteiger partial charge >= 0.3 is 0 Å². The van der Waals surface area contributed by atoms with E-state index in [-0.39, 0.29) is 11.3 Å². The molecule has 0 bridgehead atoms. The lowest BCUT2D eigenvalue weighted by molar-refractivity contribution is 0.102. The van der Waals surface area contributed by atoms with Crippen LogP contribution in [0.1, 0.15) is 10.4 Å². The number of phenolic OH excluding ortho intramolecular Hbond substituents is 1. The fourth-order valence-corrected chi connectivity index (χ4v) is 1.86. The van der Waals surface area contributed by atoms with Gasteiger partial charge < -0.3 is 16.2 Å². The smallest absolute Gasteiger partial charge is 0.259 e. The summed E-state index contributed by atoms with van der Waals surface area (Å²) in [7, 11) is 0. The summed E-state index contributed by atoms with van der Waals surface area (Å²) in [6.45, 7) is 0. The van der Waals surface area contributed by atoms with Crippen molar-refractivity contribution in [2.75, 3.05) is 11.1 Å². The maximum absolute atomic E-state index is 12.0. The number of rotatable bonds is 2. The first-order valence-electron chi connectivity index (χ1n) is 5.32. The van der Waals surface area contributed by atoms with E-state index in [0.29, 0.717) is 21.4 Å². The van der Waals surface area contributed by atoms with Crippen molar-refractivity contribution in [1.29, 1.82) is 0 Å². The molecule has 0 unspecified atom stereocenters. The molecule has 0 atom stereocenters. The van der Waals surface area contributed by atoms with Crippen LogP contribution in [-0.4, -0.2) is 11.0 Å². The van der Waals surface area contributed by atoms with Crippen LogP contribution in [0.4, 0.5) is 11.4 Å². The number of benzene rings is 2. The maximum Gasteiger partial charge on any atom is 0.259 e. The van der Waals surface area contributed by atoms with E-state index in [9.17, 15) is 9.90 Å². The molecule has 4 N–H and O–H groups in total. The summed E-state index contributed by atoms with van der Waals surface area (Å²) in [6.07, 6.45) is 0. The summed E-state index contributed by atoms with van der Waals surface area (Å²) in [6, 6.07) is 8.92. The molecule has 0 radical (unpaired) electrons. The Morgan fingerprint density at radius 3 is 2.47 bits per heavy atom. The Hall–Kier alpha value is -1.91. The second kappa shape index (κ2) is 5.38. The summed E-state index contributed by atoms with van der Waals surface area (Å²) in [5, 5.41) is 13.0.